The topological polar surface area (TPSA) is 37.0 Å². The highest BCUT2D eigenvalue weighted by atomic mass is 32.1. The molecule has 0 bridgehead atoms. The van der Waals surface area contributed by atoms with Gasteiger partial charge in [-0.3, -0.25) is 4.98 Å². The van der Waals surface area contributed by atoms with Gasteiger partial charge in [-0.15, -0.1) is 0 Å². The van der Waals surface area contributed by atoms with Gasteiger partial charge in [0, 0.05) is 18.1 Å². The van der Waals surface area contributed by atoms with E-state index in [2.05, 4.69) is 15.6 Å². The van der Waals surface area contributed by atoms with Crippen LogP contribution in [0.25, 0.3) is 0 Å². The van der Waals surface area contributed by atoms with Crippen molar-refractivity contribution < 1.29 is 4.39 Å². The number of nitrogens with zero attached hydrogens (tertiary/aromatic N) is 1. The lowest BCUT2D eigenvalue weighted by Gasteiger charge is -2.17. The summed E-state index contributed by atoms with van der Waals surface area (Å²) in [4.78, 5) is 3.97. The number of hydrogen-bond donors (Lipinski definition) is 2. The highest BCUT2D eigenvalue weighted by Gasteiger charge is 2.06. The monoisotopic (exact) mass is 275 g/mol. The highest BCUT2D eigenvalue weighted by Crippen LogP contribution is 2.12. The minimum absolute atomic E-state index is 0.0524. The molecule has 1 atom stereocenters. The molecule has 3 nitrogen and oxygen atoms in total. The minimum Gasteiger partial charge on any atom is -0.356 e. The molecule has 1 aromatic carbocycles. The summed E-state index contributed by atoms with van der Waals surface area (Å²) < 4.78 is 13.0. The van der Waals surface area contributed by atoms with Gasteiger partial charge in [0.2, 0.25) is 0 Å². The van der Waals surface area contributed by atoms with Crippen molar-refractivity contribution >= 4 is 23.0 Å². The number of benzene rings is 1. The normalized spacial score (nSPS) is 11.7. The molecule has 19 heavy (non-hydrogen) atoms. The van der Waals surface area contributed by atoms with E-state index in [1.54, 1.807) is 24.5 Å². The Balaban J connectivity index is 1.95. The first-order chi connectivity index (χ1) is 9.15. The van der Waals surface area contributed by atoms with E-state index in [4.69, 9.17) is 12.2 Å². The maximum absolute atomic E-state index is 13.0. The summed E-state index contributed by atoms with van der Waals surface area (Å²) in [6, 6.07) is 10.1. The smallest absolute Gasteiger partial charge is 0.171 e. The second-order valence-corrected chi connectivity index (χ2v) is 4.52. The van der Waals surface area contributed by atoms with E-state index in [0.717, 1.165) is 5.56 Å². The summed E-state index contributed by atoms with van der Waals surface area (Å²) in [5, 5.41) is 6.54. The molecule has 0 saturated carbocycles. The molecule has 98 valence electrons. The van der Waals surface area contributed by atoms with Crippen molar-refractivity contribution in [3.05, 3.63) is 60.2 Å². The fraction of sp³-hybridized carbons (Fsp3) is 0.143. The molecular formula is C14H14FN3S. The Bertz CT molecular complexity index is 560. The van der Waals surface area contributed by atoms with E-state index >= 15 is 0 Å². The van der Waals surface area contributed by atoms with Gasteiger partial charge in [-0.2, -0.15) is 0 Å². The molecule has 0 saturated heterocycles. The van der Waals surface area contributed by atoms with Gasteiger partial charge < -0.3 is 10.6 Å². The summed E-state index contributed by atoms with van der Waals surface area (Å²) in [6.45, 7) is 1.99. The SMILES string of the molecule is CC(NC(=S)Nc1cccc(F)c1)c1ccncc1. The maximum atomic E-state index is 13.0. The lowest BCUT2D eigenvalue weighted by atomic mass is 10.1. The van der Waals surface area contributed by atoms with Gasteiger partial charge in [-0.1, -0.05) is 6.07 Å². The first kappa shape index (κ1) is 13.4. The number of rotatable bonds is 3. The standard InChI is InChI=1S/C14H14FN3S/c1-10(11-5-7-16-8-6-11)17-14(19)18-13-4-2-3-12(15)9-13/h2-10H,1H3,(H2,17,18,19). The summed E-state index contributed by atoms with van der Waals surface area (Å²) in [7, 11) is 0. The molecule has 1 aromatic heterocycles. The Morgan fingerprint density at radius 2 is 2.00 bits per heavy atom. The van der Waals surface area contributed by atoms with Crippen molar-refractivity contribution in [1.82, 2.24) is 10.3 Å². The Labute approximate surface area is 116 Å². The van der Waals surface area contributed by atoms with Crippen molar-refractivity contribution in [1.29, 1.82) is 0 Å². The largest absolute Gasteiger partial charge is 0.356 e. The third kappa shape index (κ3) is 3.99. The van der Waals surface area contributed by atoms with Crippen molar-refractivity contribution in [3.63, 3.8) is 0 Å². The van der Waals surface area contributed by atoms with E-state index in [-0.39, 0.29) is 11.9 Å². The number of halogens is 1. The molecule has 0 aliphatic heterocycles. The van der Waals surface area contributed by atoms with Gasteiger partial charge in [0.1, 0.15) is 5.82 Å². The van der Waals surface area contributed by atoms with E-state index in [9.17, 15) is 4.39 Å². The lowest BCUT2D eigenvalue weighted by molar-refractivity contribution is 0.628. The van der Waals surface area contributed by atoms with Gasteiger partial charge in [-0.05, 0) is 55.0 Å². The van der Waals surface area contributed by atoms with Crippen LogP contribution in [0.5, 0.6) is 0 Å². The molecule has 5 heteroatoms. The minimum atomic E-state index is -0.296. The molecule has 0 radical (unpaired) electrons. The van der Waals surface area contributed by atoms with Gasteiger partial charge in [0.25, 0.3) is 0 Å². The fourth-order valence-corrected chi connectivity index (χ4v) is 1.96. The average Bonchev–Trinajstić information content (AvgIpc) is 2.39. The number of thiocarbonyl (C=S) groups is 1. The molecule has 0 spiro atoms. The Kier molecular flexibility index (Phi) is 4.41. The van der Waals surface area contributed by atoms with Crippen molar-refractivity contribution in [3.8, 4) is 0 Å². The highest BCUT2D eigenvalue weighted by molar-refractivity contribution is 7.80. The number of hydrogen-bond acceptors (Lipinski definition) is 2. The molecule has 0 amide bonds. The summed E-state index contributed by atoms with van der Waals surface area (Å²) in [5.41, 5.74) is 1.71. The Morgan fingerprint density at radius 1 is 1.26 bits per heavy atom. The predicted octanol–water partition coefficient (Wildman–Crippen LogP) is 3.27. The molecule has 0 aliphatic rings. The van der Waals surface area contributed by atoms with Crippen LogP contribution in [-0.4, -0.2) is 10.1 Å². The first-order valence-corrected chi connectivity index (χ1v) is 6.29. The Hall–Kier alpha value is -2.01. The summed E-state index contributed by atoms with van der Waals surface area (Å²) in [6.07, 6.45) is 3.47. The number of nitrogens with one attached hydrogen (secondary N) is 2. The molecule has 0 fully saturated rings. The lowest BCUT2D eigenvalue weighted by Crippen LogP contribution is -2.30. The fourth-order valence-electron chi connectivity index (χ4n) is 1.67. The van der Waals surface area contributed by atoms with Crippen LogP contribution in [0.3, 0.4) is 0 Å². The van der Waals surface area contributed by atoms with Crippen LogP contribution in [0, 0.1) is 5.82 Å². The molecule has 2 aromatic rings. The van der Waals surface area contributed by atoms with E-state index in [0.29, 0.717) is 10.8 Å². The average molecular weight is 275 g/mol. The molecule has 2 N–H and O–H groups in total. The molecule has 2 rings (SSSR count). The number of aromatic nitrogens is 1. The molecule has 1 heterocycles. The quantitative estimate of drug-likeness (QED) is 0.843. The van der Waals surface area contributed by atoms with E-state index < -0.39 is 0 Å². The number of pyridine rings is 1. The van der Waals surface area contributed by atoms with Crippen LogP contribution in [0.1, 0.15) is 18.5 Å². The van der Waals surface area contributed by atoms with Gasteiger partial charge in [-0.25, -0.2) is 4.39 Å². The predicted molar refractivity (Wildman–Crippen MR) is 78.4 cm³/mol. The van der Waals surface area contributed by atoms with Crippen LogP contribution in [0.2, 0.25) is 0 Å². The van der Waals surface area contributed by atoms with E-state index in [1.807, 2.05) is 19.1 Å². The van der Waals surface area contributed by atoms with Gasteiger partial charge in [0.05, 0.1) is 6.04 Å². The zero-order chi connectivity index (χ0) is 13.7. The van der Waals surface area contributed by atoms with E-state index in [1.165, 1.54) is 12.1 Å². The zero-order valence-electron chi connectivity index (χ0n) is 10.4. The number of anilines is 1. The van der Waals surface area contributed by atoms with Gasteiger partial charge in [0.15, 0.2) is 5.11 Å². The van der Waals surface area contributed by atoms with Crippen LogP contribution in [0.15, 0.2) is 48.8 Å². The summed E-state index contributed by atoms with van der Waals surface area (Å²) in [5.74, 6) is -0.296. The van der Waals surface area contributed by atoms with Crippen LogP contribution in [-0.2, 0) is 0 Å². The third-order valence-electron chi connectivity index (χ3n) is 2.64. The molecular weight excluding hydrogens is 261 g/mol. The third-order valence-corrected chi connectivity index (χ3v) is 2.86. The van der Waals surface area contributed by atoms with Gasteiger partial charge >= 0.3 is 0 Å². The van der Waals surface area contributed by atoms with Crippen molar-refractivity contribution in [2.75, 3.05) is 5.32 Å². The van der Waals surface area contributed by atoms with Crippen LogP contribution < -0.4 is 10.6 Å². The molecule has 0 aliphatic carbocycles. The van der Waals surface area contributed by atoms with Crippen LogP contribution in [0.4, 0.5) is 10.1 Å². The second kappa shape index (κ2) is 6.24. The first-order valence-electron chi connectivity index (χ1n) is 5.88. The maximum Gasteiger partial charge on any atom is 0.171 e. The van der Waals surface area contributed by atoms with Crippen molar-refractivity contribution in [2.45, 2.75) is 13.0 Å². The second-order valence-electron chi connectivity index (χ2n) is 4.11. The molecule has 1 unspecified atom stereocenters. The van der Waals surface area contributed by atoms with Crippen LogP contribution >= 0.6 is 12.2 Å². The summed E-state index contributed by atoms with van der Waals surface area (Å²) >= 11 is 5.20. The Morgan fingerprint density at radius 3 is 2.68 bits per heavy atom. The zero-order valence-corrected chi connectivity index (χ0v) is 11.2. The van der Waals surface area contributed by atoms with Crippen molar-refractivity contribution in [2.24, 2.45) is 0 Å².